The summed E-state index contributed by atoms with van der Waals surface area (Å²) < 4.78 is 5.57. The van der Waals surface area contributed by atoms with Gasteiger partial charge >= 0.3 is 0 Å². The number of aromatic nitrogens is 3. The van der Waals surface area contributed by atoms with Crippen molar-refractivity contribution in [3.05, 3.63) is 30.5 Å². The lowest BCUT2D eigenvalue weighted by atomic mass is 10.1. The molecule has 0 atom stereocenters. The van der Waals surface area contributed by atoms with Crippen molar-refractivity contribution in [1.82, 2.24) is 15.2 Å². The van der Waals surface area contributed by atoms with Crippen LogP contribution in [0.2, 0.25) is 0 Å². The molecule has 0 fully saturated rings. The number of nitrogens with zero attached hydrogens (tertiary/aromatic N) is 3. The van der Waals surface area contributed by atoms with Crippen LogP contribution in [0.5, 0.6) is 5.75 Å². The van der Waals surface area contributed by atoms with Crippen LogP contribution in [0.4, 0.5) is 17.5 Å². The molecule has 0 aliphatic rings. The molecule has 2 N–H and O–H groups in total. The van der Waals surface area contributed by atoms with Crippen molar-refractivity contribution in [3.63, 3.8) is 0 Å². The molecule has 1 heterocycles. The van der Waals surface area contributed by atoms with Gasteiger partial charge < -0.3 is 15.4 Å². The monoisotopic (exact) mass is 287 g/mol. The molecule has 0 spiro atoms. The number of para-hydroxylation sites is 2. The number of hydrogen-bond acceptors (Lipinski definition) is 6. The second-order valence-electron chi connectivity index (χ2n) is 5.59. The molecule has 1 aromatic carbocycles. The van der Waals surface area contributed by atoms with E-state index in [1.165, 1.54) is 0 Å². The average Bonchev–Trinajstić information content (AvgIpc) is 2.40. The fourth-order valence-corrected chi connectivity index (χ4v) is 1.77. The number of nitrogens with one attached hydrogen (secondary N) is 2. The average molecular weight is 287 g/mol. The van der Waals surface area contributed by atoms with Gasteiger partial charge in [0.15, 0.2) is 5.82 Å². The summed E-state index contributed by atoms with van der Waals surface area (Å²) in [5.41, 5.74) is 0.727. The summed E-state index contributed by atoms with van der Waals surface area (Å²) in [5.74, 6) is 1.86. The minimum atomic E-state index is -0.0868. The van der Waals surface area contributed by atoms with Gasteiger partial charge in [0, 0.05) is 5.54 Å². The van der Waals surface area contributed by atoms with Gasteiger partial charge in [0.25, 0.3) is 0 Å². The normalized spacial score (nSPS) is 11.0. The third-order valence-electron chi connectivity index (χ3n) is 2.50. The first kappa shape index (κ1) is 15.0. The van der Waals surface area contributed by atoms with Crippen molar-refractivity contribution in [3.8, 4) is 5.75 Å². The van der Waals surface area contributed by atoms with Crippen LogP contribution in [0, 0.1) is 0 Å². The summed E-state index contributed by atoms with van der Waals surface area (Å²) >= 11 is 0. The van der Waals surface area contributed by atoms with Crippen LogP contribution in [0.1, 0.15) is 27.7 Å². The second kappa shape index (κ2) is 6.39. The van der Waals surface area contributed by atoms with E-state index in [0.29, 0.717) is 18.4 Å². The van der Waals surface area contributed by atoms with Crippen LogP contribution in [0.15, 0.2) is 30.5 Å². The molecule has 1 aromatic heterocycles. The summed E-state index contributed by atoms with van der Waals surface area (Å²) in [7, 11) is 0. The molecule has 0 saturated carbocycles. The van der Waals surface area contributed by atoms with E-state index in [0.717, 1.165) is 11.4 Å². The summed E-state index contributed by atoms with van der Waals surface area (Å²) in [6.45, 7) is 8.73. The van der Waals surface area contributed by atoms with Crippen molar-refractivity contribution in [2.75, 3.05) is 17.2 Å². The molecular formula is C15H21N5O. The van der Waals surface area contributed by atoms with Crippen LogP contribution < -0.4 is 15.4 Å². The van der Waals surface area contributed by atoms with Crippen LogP contribution in [0.25, 0.3) is 0 Å². The zero-order chi connectivity index (χ0) is 15.3. The van der Waals surface area contributed by atoms with E-state index in [1.807, 2.05) is 31.2 Å². The minimum Gasteiger partial charge on any atom is -0.492 e. The van der Waals surface area contributed by atoms with E-state index in [1.54, 1.807) is 6.20 Å². The lowest BCUT2D eigenvalue weighted by molar-refractivity contribution is 0.342. The first-order chi connectivity index (χ1) is 9.98. The highest BCUT2D eigenvalue weighted by atomic mass is 16.5. The van der Waals surface area contributed by atoms with Gasteiger partial charge in [-0.15, -0.1) is 5.10 Å². The first-order valence-corrected chi connectivity index (χ1v) is 6.94. The minimum absolute atomic E-state index is 0.0868. The maximum Gasteiger partial charge on any atom is 0.249 e. The molecule has 6 nitrogen and oxygen atoms in total. The van der Waals surface area contributed by atoms with Crippen molar-refractivity contribution in [2.24, 2.45) is 0 Å². The van der Waals surface area contributed by atoms with Crippen LogP contribution >= 0.6 is 0 Å². The van der Waals surface area contributed by atoms with Crippen molar-refractivity contribution >= 4 is 17.5 Å². The van der Waals surface area contributed by atoms with Crippen LogP contribution in [0.3, 0.4) is 0 Å². The van der Waals surface area contributed by atoms with Crippen LogP contribution in [-0.4, -0.2) is 27.3 Å². The van der Waals surface area contributed by atoms with Crippen LogP contribution in [-0.2, 0) is 0 Å². The summed E-state index contributed by atoms with van der Waals surface area (Å²) in [6, 6.07) is 7.66. The highest BCUT2D eigenvalue weighted by Crippen LogP contribution is 2.26. The standard InChI is InChI=1S/C15H21N5O/c1-5-21-12-9-7-6-8-11(12)17-14-18-13(10-16-20-14)19-15(2,3)4/h6-10H,5H2,1-4H3,(H2,17,18,19,20). The third-order valence-corrected chi connectivity index (χ3v) is 2.50. The van der Waals surface area contributed by atoms with Gasteiger partial charge in [-0.3, -0.25) is 0 Å². The Morgan fingerprint density at radius 3 is 2.67 bits per heavy atom. The van der Waals surface area contributed by atoms with Gasteiger partial charge in [-0.25, -0.2) is 0 Å². The maximum atomic E-state index is 5.57. The summed E-state index contributed by atoms with van der Waals surface area (Å²) in [4.78, 5) is 4.40. The molecule has 0 radical (unpaired) electrons. The van der Waals surface area contributed by atoms with E-state index in [4.69, 9.17) is 4.74 Å². The Balaban J connectivity index is 2.18. The number of benzene rings is 1. The Morgan fingerprint density at radius 1 is 1.19 bits per heavy atom. The van der Waals surface area contributed by atoms with Crippen molar-refractivity contribution < 1.29 is 4.74 Å². The SMILES string of the molecule is CCOc1ccccc1Nc1nncc(NC(C)(C)C)n1. The second-order valence-corrected chi connectivity index (χ2v) is 5.59. The number of hydrogen-bond donors (Lipinski definition) is 2. The molecule has 0 aliphatic heterocycles. The first-order valence-electron chi connectivity index (χ1n) is 6.94. The fraction of sp³-hybridized carbons (Fsp3) is 0.400. The van der Waals surface area contributed by atoms with E-state index in [9.17, 15) is 0 Å². The molecule has 112 valence electrons. The zero-order valence-corrected chi connectivity index (χ0v) is 12.8. The molecule has 0 amide bonds. The lowest BCUT2D eigenvalue weighted by Crippen LogP contribution is -2.27. The summed E-state index contributed by atoms with van der Waals surface area (Å²) in [6.07, 6.45) is 1.60. The number of anilines is 3. The highest BCUT2D eigenvalue weighted by molar-refractivity contribution is 5.62. The molecular weight excluding hydrogens is 266 g/mol. The smallest absolute Gasteiger partial charge is 0.249 e. The molecule has 0 saturated heterocycles. The van der Waals surface area contributed by atoms with Gasteiger partial charge in [0.1, 0.15) is 5.75 Å². The largest absolute Gasteiger partial charge is 0.492 e. The Kier molecular flexibility index (Phi) is 4.57. The van der Waals surface area contributed by atoms with Gasteiger partial charge in [0.2, 0.25) is 5.95 Å². The lowest BCUT2D eigenvalue weighted by Gasteiger charge is -2.21. The molecule has 0 bridgehead atoms. The molecule has 0 unspecified atom stereocenters. The van der Waals surface area contributed by atoms with E-state index in [-0.39, 0.29) is 5.54 Å². The Labute approximate surface area is 125 Å². The van der Waals surface area contributed by atoms with E-state index in [2.05, 4.69) is 46.6 Å². The van der Waals surface area contributed by atoms with Crippen molar-refractivity contribution in [2.45, 2.75) is 33.2 Å². The van der Waals surface area contributed by atoms with Crippen molar-refractivity contribution in [1.29, 1.82) is 0 Å². The predicted molar refractivity (Wildman–Crippen MR) is 84.1 cm³/mol. The summed E-state index contributed by atoms with van der Waals surface area (Å²) in [5, 5.41) is 14.4. The topological polar surface area (TPSA) is 72.0 Å². The highest BCUT2D eigenvalue weighted by Gasteiger charge is 2.12. The Hall–Kier alpha value is -2.37. The predicted octanol–water partition coefficient (Wildman–Crippen LogP) is 3.22. The van der Waals surface area contributed by atoms with Gasteiger partial charge in [-0.1, -0.05) is 12.1 Å². The zero-order valence-electron chi connectivity index (χ0n) is 12.8. The quantitative estimate of drug-likeness (QED) is 0.879. The van der Waals surface area contributed by atoms with E-state index >= 15 is 0 Å². The number of ether oxygens (including phenoxy) is 1. The molecule has 2 rings (SSSR count). The Bertz CT molecular complexity index is 595. The van der Waals surface area contributed by atoms with Gasteiger partial charge in [-0.05, 0) is 39.8 Å². The molecule has 2 aromatic rings. The van der Waals surface area contributed by atoms with Gasteiger partial charge in [-0.2, -0.15) is 10.1 Å². The molecule has 6 heteroatoms. The van der Waals surface area contributed by atoms with E-state index < -0.39 is 0 Å². The third kappa shape index (κ3) is 4.59. The Morgan fingerprint density at radius 2 is 1.95 bits per heavy atom. The fourth-order valence-electron chi connectivity index (χ4n) is 1.77. The molecule has 21 heavy (non-hydrogen) atoms. The van der Waals surface area contributed by atoms with Gasteiger partial charge in [0.05, 0.1) is 18.5 Å². The molecule has 0 aliphatic carbocycles. The number of rotatable bonds is 5. The maximum absolute atomic E-state index is 5.57.